The van der Waals surface area contributed by atoms with Crippen LogP contribution in [0.25, 0.3) is 0 Å². The average molecular weight is 344 g/mol. The van der Waals surface area contributed by atoms with E-state index in [1.807, 2.05) is 0 Å². The van der Waals surface area contributed by atoms with Crippen molar-refractivity contribution in [3.8, 4) is 0 Å². The highest BCUT2D eigenvalue weighted by atomic mass is 16.5. The van der Waals surface area contributed by atoms with Crippen LogP contribution in [-0.2, 0) is 9.53 Å². The zero-order valence-electron chi connectivity index (χ0n) is 16.1. The van der Waals surface area contributed by atoms with Crippen LogP contribution in [0.15, 0.2) is 30.3 Å². The molecule has 0 saturated heterocycles. The molecule has 2 aliphatic carbocycles. The van der Waals surface area contributed by atoms with Gasteiger partial charge in [0, 0.05) is 12.1 Å². The molecular formula is C22H33NO2. The molecule has 0 amide bonds. The van der Waals surface area contributed by atoms with Crippen molar-refractivity contribution in [3.63, 3.8) is 0 Å². The first kappa shape index (κ1) is 18.4. The Morgan fingerprint density at radius 3 is 2.64 bits per heavy atom. The molecule has 2 fully saturated rings. The van der Waals surface area contributed by atoms with Crippen LogP contribution in [-0.4, -0.2) is 19.1 Å². The molecule has 1 aromatic carbocycles. The Hall–Kier alpha value is -1.35. The maximum atomic E-state index is 12.4. The van der Waals surface area contributed by atoms with Crippen LogP contribution in [0.1, 0.15) is 64.5 Å². The van der Waals surface area contributed by atoms with Gasteiger partial charge in [-0.25, -0.2) is 0 Å². The fraction of sp³-hybridized carbons (Fsp3) is 0.682. The summed E-state index contributed by atoms with van der Waals surface area (Å²) in [5.74, 6) is 1.91. The molecule has 0 aliphatic heterocycles. The summed E-state index contributed by atoms with van der Waals surface area (Å²) in [5, 5.41) is 3.93. The predicted molar refractivity (Wildman–Crippen MR) is 101 cm³/mol. The second kappa shape index (κ2) is 7.49. The highest BCUT2D eigenvalue weighted by Crippen LogP contribution is 2.51. The van der Waals surface area contributed by atoms with Gasteiger partial charge in [0.25, 0.3) is 0 Å². The Bertz CT molecular complexity index is 587. The predicted octanol–water partition coefficient (Wildman–Crippen LogP) is 4.73. The Balaban J connectivity index is 1.78. The SMILES string of the molecule is CCC1CC2CC(CC(C)(C(=O)OC)C2)C1N[C@H](C)c1ccccc1. The van der Waals surface area contributed by atoms with Crippen molar-refractivity contribution in [3.05, 3.63) is 35.9 Å². The topological polar surface area (TPSA) is 38.3 Å². The average Bonchev–Trinajstić information content (AvgIpc) is 2.63. The van der Waals surface area contributed by atoms with Crippen LogP contribution in [0, 0.1) is 23.2 Å². The van der Waals surface area contributed by atoms with Crippen LogP contribution in [0.4, 0.5) is 0 Å². The van der Waals surface area contributed by atoms with E-state index in [2.05, 4.69) is 56.4 Å². The molecule has 0 spiro atoms. The molecule has 0 radical (unpaired) electrons. The lowest BCUT2D eigenvalue weighted by molar-refractivity contribution is -0.158. The zero-order chi connectivity index (χ0) is 18.0. The number of nitrogens with one attached hydrogen (secondary N) is 1. The second-order valence-electron chi connectivity index (χ2n) is 8.55. The van der Waals surface area contributed by atoms with Gasteiger partial charge in [-0.3, -0.25) is 4.79 Å². The Labute approximate surface area is 152 Å². The molecule has 0 aromatic heterocycles. The number of benzene rings is 1. The number of esters is 1. The number of carbonyl (C=O) groups excluding carboxylic acids is 1. The smallest absolute Gasteiger partial charge is 0.311 e. The summed E-state index contributed by atoms with van der Waals surface area (Å²) in [7, 11) is 1.53. The number of hydrogen-bond acceptors (Lipinski definition) is 3. The van der Waals surface area contributed by atoms with Crippen molar-refractivity contribution in [2.45, 2.75) is 65.0 Å². The minimum absolute atomic E-state index is 0.0213. The van der Waals surface area contributed by atoms with Crippen molar-refractivity contribution >= 4 is 5.97 Å². The van der Waals surface area contributed by atoms with E-state index in [-0.39, 0.29) is 11.4 Å². The molecule has 2 aliphatic rings. The minimum atomic E-state index is -0.309. The molecule has 3 heteroatoms. The van der Waals surface area contributed by atoms with Gasteiger partial charge in [-0.2, -0.15) is 0 Å². The van der Waals surface area contributed by atoms with Gasteiger partial charge in [-0.05, 0) is 62.8 Å². The van der Waals surface area contributed by atoms with Crippen molar-refractivity contribution in [2.75, 3.05) is 7.11 Å². The lowest BCUT2D eigenvalue weighted by Gasteiger charge is -2.51. The number of rotatable bonds is 5. The molecule has 2 saturated carbocycles. The van der Waals surface area contributed by atoms with Crippen LogP contribution in [0.5, 0.6) is 0 Å². The van der Waals surface area contributed by atoms with Crippen molar-refractivity contribution in [1.82, 2.24) is 5.32 Å². The van der Waals surface area contributed by atoms with E-state index < -0.39 is 0 Å². The Morgan fingerprint density at radius 2 is 2.00 bits per heavy atom. The quantitative estimate of drug-likeness (QED) is 0.785. The van der Waals surface area contributed by atoms with Crippen molar-refractivity contribution in [1.29, 1.82) is 0 Å². The Kier molecular flexibility index (Phi) is 5.52. The van der Waals surface area contributed by atoms with Crippen LogP contribution >= 0.6 is 0 Å². The maximum absolute atomic E-state index is 12.4. The van der Waals surface area contributed by atoms with E-state index >= 15 is 0 Å². The third-order valence-corrected chi connectivity index (χ3v) is 6.68. The fourth-order valence-corrected chi connectivity index (χ4v) is 5.54. The van der Waals surface area contributed by atoms with E-state index in [1.54, 1.807) is 0 Å². The standard InChI is InChI=1S/C22H33NO2/c1-5-17-11-16-12-19(14-22(3,13-16)21(24)25-4)20(17)23-15(2)18-9-7-6-8-10-18/h6-10,15-17,19-20,23H,5,11-14H2,1-4H3/t15-,16?,17?,19?,20?,22?/m1/s1. The van der Waals surface area contributed by atoms with Gasteiger partial charge in [0.05, 0.1) is 12.5 Å². The van der Waals surface area contributed by atoms with E-state index in [1.165, 1.54) is 31.9 Å². The molecule has 1 aromatic rings. The summed E-state index contributed by atoms with van der Waals surface area (Å²) >= 11 is 0. The van der Waals surface area contributed by atoms with Gasteiger partial charge >= 0.3 is 5.97 Å². The highest BCUT2D eigenvalue weighted by Gasteiger charge is 2.50. The van der Waals surface area contributed by atoms with Gasteiger partial charge in [-0.15, -0.1) is 0 Å². The molecule has 25 heavy (non-hydrogen) atoms. The van der Waals surface area contributed by atoms with Crippen LogP contribution < -0.4 is 5.32 Å². The van der Waals surface area contributed by atoms with E-state index in [9.17, 15) is 4.79 Å². The fourth-order valence-electron chi connectivity index (χ4n) is 5.54. The molecule has 3 nitrogen and oxygen atoms in total. The molecule has 6 atom stereocenters. The maximum Gasteiger partial charge on any atom is 0.311 e. The first-order valence-corrected chi connectivity index (χ1v) is 9.86. The molecule has 5 unspecified atom stereocenters. The third-order valence-electron chi connectivity index (χ3n) is 6.68. The molecule has 1 N–H and O–H groups in total. The van der Waals surface area contributed by atoms with E-state index in [0.717, 1.165) is 12.8 Å². The van der Waals surface area contributed by atoms with Crippen molar-refractivity contribution in [2.24, 2.45) is 23.2 Å². The molecule has 3 rings (SSSR count). The van der Waals surface area contributed by atoms with Crippen LogP contribution in [0.3, 0.4) is 0 Å². The summed E-state index contributed by atoms with van der Waals surface area (Å²) in [6.07, 6.45) is 5.64. The first-order valence-electron chi connectivity index (χ1n) is 9.86. The number of carbonyl (C=O) groups is 1. The monoisotopic (exact) mass is 343 g/mol. The zero-order valence-corrected chi connectivity index (χ0v) is 16.1. The summed E-state index contributed by atoms with van der Waals surface area (Å²) < 4.78 is 5.14. The molecular weight excluding hydrogens is 310 g/mol. The molecule has 0 heterocycles. The number of fused-ring (bicyclic) bond motifs is 2. The van der Waals surface area contributed by atoms with Crippen LogP contribution in [0.2, 0.25) is 0 Å². The van der Waals surface area contributed by atoms with Gasteiger partial charge < -0.3 is 10.1 Å². The minimum Gasteiger partial charge on any atom is -0.469 e. The van der Waals surface area contributed by atoms with Gasteiger partial charge in [-0.1, -0.05) is 43.7 Å². The highest BCUT2D eigenvalue weighted by molar-refractivity contribution is 5.76. The van der Waals surface area contributed by atoms with E-state index in [0.29, 0.717) is 29.8 Å². The Morgan fingerprint density at radius 1 is 1.28 bits per heavy atom. The second-order valence-corrected chi connectivity index (χ2v) is 8.55. The lowest BCUT2D eigenvalue weighted by Crippen LogP contribution is -2.53. The van der Waals surface area contributed by atoms with E-state index in [4.69, 9.17) is 4.74 Å². The summed E-state index contributed by atoms with van der Waals surface area (Å²) in [6, 6.07) is 11.5. The normalized spacial score (nSPS) is 35.8. The summed E-state index contributed by atoms with van der Waals surface area (Å²) in [6.45, 7) is 6.69. The van der Waals surface area contributed by atoms with Crippen molar-refractivity contribution < 1.29 is 9.53 Å². The third kappa shape index (κ3) is 3.76. The summed E-state index contributed by atoms with van der Waals surface area (Å²) in [5.41, 5.74) is 1.03. The number of methoxy groups -OCH3 is 1. The summed E-state index contributed by atoms with van der Waals surface area (Å²) in [4.78, 5) is 12.4. The number of ether oxygens (including phenoxy) is 1. The lowest BCUT2D eigenvalue weighted by atomic mass is 9.57. The largest absolute Gasteiger partial charge is 0.469 e. The molecule has 138 valence electrons. The van der Waals surface area contributed by atoms with Gasteiger partial charge in [0.1, 0.15) is 0 Å². The van der Waals surface area contributed by atoms with Gasteiger partial charge in [0.2, 0.25) is 0 Å². The van der Waals surface area contributed by atoms with Gasteiger partial charge in [0.15, 0.2) is 0 Å². The number of hydrogen-bond donors (Lipinski definition) is 1. The molecule has 2 bridgehead atoms. The first-order chi connectivity index (χ1) is 12.0.